The van der Waals surface area contributed by atoms with E-state index >= 15 is 0 Å². The molecule has 0 radical (unpaired) electrons. The van der Waals surface area contributed by atoms with Gasteiger partial charge in [0.25, 0.3) is 0 Å². The van der Waals surface area contributed by atoms with Gasteiger partial charge in [-0.25, -0.2) is 13.8 Å². The van der Waals surface area contributed by atoms with Gasteiger partial charge in [-0.05, 0) is 12.1 Å². The summed E-state index contributed by atoms with van der Waals surface area (Å²) in [5, 5.41) is 0. The number of esters is 1. The molecule has 7 heteroatoms. The summed E-state index contributed by atoms with van der Waals surface area (Å²) < 4.78 is 37.7. The fraction of sp³-hybridized carbons (Fsp3) is 0.150. The molecule has 0 aliphatic heterocycles. The van der Waals surface area contributed by atoms with E-state index in [0.717, 1.165) is 12.1 Å². The Kier molecular flexibility index (Phi) is 5.71. The van der Waals surface area contributed by atoms with E-state index in [9.17, 15) is 18.4 Å². The van der Waals surface area contributed by atoms with E-state index < -0.39 is 17.6 Å². The predicted octanol–water partition coefficient (Wildman–Crippen LogP) is 3.98. The second-order valence-electron chi connectivity index (χ2n) is 5.66. The zero-order valence-corrected chi connectivity index (χ0v) is 14.2. The number of benzene rings is 2. The van der Waals surface area contributed by atoms with Crippen LogP contribution < -0.4 is 0 Å². The van der Waals surface area contributed by atoms with Crippen LogP contribution in [0.25, 0.3) is 11.3 Å². The molecule has 1 heterocycles. The molecule has 0 fully saturated rings. The first-order valence-corrected chi connectivity index (χ1v) is 8.17. The van der Waals surface area contributed by atoms with Crippen molar-refractivity contribution in [1.29, 1.82) is 0 Å². The SMILES string of the molecule is O=C(CCc1ncc(-c2c(F)cccc2F)o1)OCC(=O)c1ccccc1. The second-order valence-corrected chi connectivity index (χ2v) is 5.66. The maximum atomic E-state index is 13.7. The number of halogens is 2. The number of oxazole rings is 1. The number of hydrogen-bond acceptors (Lipinski definition) is 5. The average Bonchev–Trinajstić information content (AvgIpc) is 3.13. The highest BCUT2D eigenvalue weighted by molar-refractivity contribution is 5.97. The minimum Gasteiger partial charge on any atom is -0.457 e. The molecular weight excluding hydrogens is 356 g/mol. The van der Waals surface area contributed by atoms with Gasteiger partial charge in [-0.3, -0.25) is 9.59 Å². The summed E-state index contributed by atoms with van der Waals surface area (Å²) in [4.78, 5) is 27.6. The van der Waals surface area contributed by atoms with E-state index in [1.54, 1.807) is 30.3 Å². The molecule has 138 valence electrons. The number of rotatable bonds is 7. The maximum Gasteiger partial charge on any atom is 0.306 e. The minimum absolute atomic E-state index is 0.0618. The van der Waals surface area contributed by atoms with Crippen molar-refractivity contribution in [1.82, 2.24) is 4.98 Å². The van der Waals surface area contributed by atoms with Crippen LogP contribution in [-0.2, 0) is 16.0 Å². The van der Waals surface area contributed by atoms with E-state index in [4.69, 9.17) is 9.15 Å². The number of hydrogen-bond donors (Lipinski definition) is 0. The first-order valence-electron chi connectivity index (χ1n) is 8.17. The lowest BCUT2D eigenvalue weighted by molar-refractivity contribution is -0.142. The molecule has 0 saturated carbocycles. The molecule has 1 aromatic heterocycles. The summed E-state index contributed by atoms with van der Waals surface area (Å²) in [5.74, 6) is -2.37. The normalized spacial score (nSPS) is 10.6. The molecule has 0 unspecified atom stereocenters. The van der Waals surface area contributed by atoms with Gasteiger partial charge in [0.05, 0.1) is 18.2 Å². The molecule has 0 bridgehead atoms. The van der Waals surface area contributed by atoms with Crippen molar-refractivity contribution < 1.29 is 27.5 Å². The molecule has 0 N–H and O–H groups in total. The molecular formula is C20H15F2NO4. The largest absolute Gasteiger partial charge is 0.457 e. The van der Waals surface area contributed by atoms with Gasteiger partial charge < -0.3 is 9.15 Å². The number of carbonyl (C=O) groups is 2. The van der Waals surface area contributed by atoms with Crippen molar-refractivity contribution in [3.05, 3.63) is 77.8 Å². The van der Waals surface area contributed by atoms with Gasteiger partial charge in [0.1, 0.15) is 11.6 Å². The predicted molar refractivity (Wildman–Crippen MR) is 91.9 cm³/mol. The van der Waals surface area contributed by atoms with Crippen LogP contribution in [0.3, 0.4) is 0 Å². The van der Waals surface area contributed by atoms with Crippen LogP contribution in [0, 0.1) is 11.6 Å². The highest BCUT2D eigenvalue weighted by Crippen LogP contribution is 2.26. The van der Waals surface area contributed by atoms with Crippen LogP contribution in [0.1, 0.15) is 22.7 Å². The average molecular weight is 371 g/mol. The van der Waals surface area contributed by atoms with Gasteiger partial charge >= 0.3 is 5.97 Å². The Morgan fingerprint density at radius 2 is 1.70 bits per heavy atom. The number of ketones is 1. The van der Waals surface area contributed by atoms with Crippen LogP contribution in [0.4, 0.5) is 8.78 Å². The van der Waals surface area contributed by atoms with Crippen LogP contribution in [-0.4, -0.2) is 23.3 Å². The zero-order chi connectivity index (χ0) is 19.2. The molecule has 3 aromatic rings. The summed E-state index contributed by atoms with van der Waals surface area (Å²) >= 11 is 0. The summed E-state index contributed by atoms with van der Waals surface area (Å²) in [5.41, 5.74) is 0.141. The summed E-state index contributed by atoms with van der Waals surface area (Å²) in [6.07, 6.45) is 1.19. The minimum atomic E-state index is -0.767. The van der Waals surface area contributed by atoms with Gasteiger partial charge in [-0.15, -0.1) is 0 Å². The van der Waals surface area contributed by atoms with Gasteiger partial charge in [-0.1, -0.05) is 36.4 Å². The Bertz CT molecular complexity index is 933. The number of Topliss-reactive ketones (excluding diaryl/α,β-unsaturated/α-hetero) is 1. The number of aromatic nitrogens is 1. The van der Waals surface area contributed by atoms with E-state index in [1.807, 2.05) is 0 Å². The third-order valence-electron chi connectivity index (χ3n) is 3.77. The van der Waals surface area contributed by atoms with Crippen molar-refractivity contribution in [2.45, 2.75) is 12.8 Å². The molecule has 2 aromatic carbocycles. The quantitative estimate of drug-likeness (QED) is 0.464. The molecule has 5 nitrogen and oxygen atoms in total. The Hall–Kier alpha value is -3.35. The summed E-state index contributed by atoms with van der Waals surface area (Å²) in [6.45, 7) is -0.361. The summed E-state index contributed by atoms with van der Waals surface area (Å²) in [7, 11) is 0. The Balaban J connectivity index is 1.53. The van der Waals surface area contributed by atoms with Crippen molar-refractivity contribution in [2.24, 2.45) is 0 Å². The lowest BCUT2D eigenvalue weighted by Gasteiger charge is -2.03. The van der Waals surface area contributed by atoms with Crippen LogP contribution in [0.15, 0.2) is 59.1 Å². The standard InChI is InChI=1S/C20H15F2NO4/c21-14-7-4-8-15(22)20(14)17-11-23-18(27-17)9-10-19(25)26-12-16(24)13-5-2-1-3-6-13/h1-8,11H,9-10,12H2. The highest BCUT2D eigenvalue weighted by atomic mass is 19.1. The molecule has 0 aliphatic carbocycles. The van der Waals surface area contributed by atoms with Crippen LogP contribution in [0.2, 0.25) is 0 Å². The third-order valence-corrected chi connectivity index (χ3v) is 3.77. The van der Waals surface area contributed by atoms with E-state index in [0.29, 0.717) is 5.56 Å². The second kappa shape index (κ2) is 8.35. The first-order chi connectivity index (χ1) is 13.0. The maximum absolute atomic E-state index is 13.7. The number of nitrogens with zero attached hydrogens (tertiary/aromatic N) is 1. The molecule has 0 spiro atoms. The fourth-order valence-corrected chi connectivity index (χ4v) is 2.41. The molecule has 0 aliphatic rings. The fourth-order valence-electron chi connectivity index (χ4n) is 2.41. The summed E-state index contributed by atoms with van der Waals surface area (Å²) in [6, 6.07) is 11.9. The van der Waals surface area contributed by atoms with Crippen molar-refractivity contribution >= 4 is 11.8 Å². The number of ether oxygens (including phenoxy) is 1. The Labute approximate surface area is 153 Å². The van der Waals surface area contributed by atoms with Gasteiger partial charge in [0.15, 0.2) is 24.0 Å². The lowest BCUT2D eigenvalue weighted by atomic mass is 10.1. The molecule has 0 saturated heterocycles. The van der Waals surface area contributed by atoms with E-state index in [2.05, 4.69) is 4.98 Å². The van der Waals surface area contributed by atoms with Crippen molar-refractivity contribution in [3.63, 3.8) is 0 Å². The topological polar surface area (TPSA) is 69.4 Å². The number of carbonyl (C=O) groups excluding carboxylic acids is 2. The monoisotopic (exact) mass is 371 g/mol. The smallest absolute Gasteiger partial charge is 0.306 e. The third kappa shape index (κ3) is 4.63. The number of aryl methyl sites for hydroxylation is 1. The first kappa shape index (κ1) is 18.4. The van der Waals surface area contributed by atoms with Crippen molar-refractivity contribution in [3.8, 4) is 11.3 Å². The Morgan fingerprint density at radius 3 is 2.41 bits per heavy atom. The van der Waals surface area contributed by atoms with E-state index in [-0.39, 0.29) is 42.4 Å². The molecule has 0 amide bonds. The zero-order valence-electron chi connectivity index (χ0n) is 14.2. The van der Waals surface area contributed by atoms with Gasteiger partial charge in [-0.2, -0.15) is 0 Å². The van der Waals surface area contributed by atoms with Gasteiger partial charge in [0.2, 0.25) is 0 Å². The van der Waals surface area contributed by atoms with Crippen molar-refractivity contribution in [2.75, 3.05) is 6.61 Å². The lowest BCUT2D eigenvalue weighted by Crippen LogP contribution is -2.14. The highest BCUT2D eigenvalue weighted by Gasteiger charge is 2.17. The Morgan fingerprint density at radius 1 is 1.00 bits per heavy atom. The molecule has 27 heavy (non-hydrogen) atoms. The van der Waals surface area contributed by atoms with Crippen LogP contribution >= 0.6 is 0 Å². The molecule has 0 atom stereocenters. The van der Waals surface area contributed by atoms with Crippen LogP contribution in [0.5, 0.6) is 0 Å². The van der Waals surface area contributed by atoms with E-state index in [1.165, 1.54) is 12.3 Å². The molecule has 3 rings (SSSR count). The van der Waals surface area contributed by atoms with Gasteiger partial charge in [0, 0.05) is 12.0 Å².